The van der Waals surface area contributed by atoms with Crippen molar-refractivity contribution in [1.82, 2.24) is 0 Å². The first-order valence-electron chi connectivity index (χ1n) is 4.97. The third kappa shape index (κ3) is 3.83. The summed E-state index contributed by atoms with van der Waals surface area (Å²) in [7, 11) is 4.66. The summed E-state index contributed by atoms with van der Waals surface area (Å²) in [5.74, 6) is 1.72. The molecule has 0 spiro atoms. The fourth-order valence-corrected chi connectivity index (χ4v) is 1.46. The molecule has 0 amide bonds. The maximum absolute atomic E-state index is 5.29. The second kappa shape index (κ2) is 7.85. The number of nitrogens with zero attached hydrogens (tertiary/aromatic N) is 1. The van der Waals surface area contributed by atoms with Crippen LogP contribution in [0.1, 0.15) is 5.56 Å². The standard InChI is InChI=1S/C11H17N3O3.HI/c1-15-8-5-4-7(6-14-11(12)13)9(16-2)10(8)17-3;/h4-5H,6H2,1-3H3,(H4,12,13,14);1H. The van der Waals surface area contributed by atoms with E-state index >= 15 is 0 Å². The molecule has 7 heteroatoms. The molecular weight excluding hydrogens is 349 g/mol. The quantitative estimate of drug-likeness (QED) is 0.462. The molecule has 0 heterocycles. The first-order chi connectivity index (χ1) is 8.13. The van der Waals surface area contributed by atoms with Crippen LogP contribution in [0.4, 0.5) is 0 Å². The van der Waals surface area contributed by atoms with E-state index in [0.717, 1.165) is 5.56 Å². The molecule has 18 heavy (non-hydrogen) atoms. The van der Waals surface area contributed by atoms with Gasteiger partial charge in [-0.25, -0.2) is 4.99 Å². The van der Waals surface area contributed by atoms with Gasteiger partial charge in [0.2, 0.25) is 5.75 Å². The van der Waals surface area contributed by atoms with Crippen LogP contribution in [0, 0.1) is 0 Å². The lowest BCUT2D eigenvalue weighted by molar-refractivity contribution is 0.322. The largest absolute Gasteiger partial charge is 0.493 e. The molecule has 0 fully saturated rings. The summed E-state index contributed by atoms with van der Waals surface area (Å²) in [6.45, 7) is 0.325. The number of ether oxygens (including phenoxy) is 3. The van der Waals surface area contributed by atoms with E-state index in [-0.39, 0.29) is 29.9 Å². The molecule has 0 atom stereocenters. The van der Waals surface area contributed by atoms with E-state index in [0.29, 0.717) is 23.8 Å². The second-order valence-corrected chi connectivity index (χ2v) is 3.23. The van der Waals surface area contributed by atoms with Crippen molar-refractivity contribution in [3.8, 4) is 17.2 Å². The predicted molar refractivity (Wildman–Crippen MR) is 81.0 cm³/mol. The number of hydrogen-bond donors (Lipinski definition) is 2. The van der Waals surface area contributed by atoms with Crippen LogP contribution in [0.15, 0.2) is 17.1 Å². The number of rotatable bonds is 5. The molecule has 0 aliphatic rings. The highest BCUT2D eigenvalue weighted by Crippen LogP contribution is 2.39. The molecule has 0 aromatic heterocycles. The molecule has 0 radical (unpaired) electrons. The Morgan fingerprint density at radius 3 is 2.11 bits per heavy atom. The molecule has 1 rings (SSSR count). The van der Waals surface area contributed by atoms with Gasteiger partial charge in [-0.15, -0.1) is 24.0 Å². The van der Waals surface area contributed by atoms with Crippen molar-refractivity contribution in [2.45, 2.75) is 6.54 Å². The normalized spacial score (nSPS) is 9.06. The zero-order chi connectivity index (χ0) is 12.8. The summed E-state index contributed by atoms with van der Waals surface area (Å²) in [6.07, 6.45) is 0. The molecule has 6 nitrogen and oxygen atoms in total. The zero-order valence-electron chi connectivity index (χ0n) is 10.6. The van der Waals surface area contributed by atoms with Gasteiger partial charge >= 0.3 is 0 Å². The van der Waals surface area contributed by atoms with Crippen molar-refractivity contribution >= 4 is 29.9 Å². The molecule has 0 aliphatic carbocycles. The smallest absolute Gasteiger partial charge is 0.203 e. The Hall–Kier alpha value is -1.38. The SMILES string of the molecule is COc1ccc(CN=C(N)N)c(OC)c1OC.I. The van der Waals surface area contributed by atoms with Crippen LogP contribution in [0.25, 0.3) is 0 Å². The van der Waals surface area contributed by atoms with Crippen molar-refractivity contribution in [1.29, 1.82) is 0 Å². The topological polar surface area (TPSA) is 92.1 Å². The molecule has 1 aromatic rings. The first-order valence-corrected chi connectivity index (χ1v) is 4.97. The average Bonchev–Trinajstić information content (AvgIpc) is 2.34. The summed E-state index contributed by atoms with van der Waals surface area (Å²) < 4.78 is 15.7. The molecule has 0 saturated carbocycles. The van der Waals surface area contributed by atoms with Crippen LogP contribution in [-0.4, -0.2) is 27.3 Å². The van der Waals surface area contributed by atoms with Gasteiger partial charge < -0.3 is 25.7 Å². The Balaban J connectivity index is 0.00000289. The monoisotopic (exact) mass is 367 g/mol. The number of hydrogen-bond acceptors (Lipinski definition) is 4. The highest BCUT2D eigenvalue weighted by atomic mass is 127. The van der Waals surface area contributed by atoms with Gasteiger partial charge in [-0.05, 0) is 12.1 Å². The van der Waals surface area contributed by atoms with Crippen molar-refractivity contribution in [2.24, 2.45) is 16.5 Å². The molecule has 1 aromatic carbocycles. The Labute approximate surface area is 123 Å². The third-order valence-corrected chi connectivity index (χ3v) is 2.22. The van der Waals surface area contributed by atoms with Crippen molar-refractivity contribution < 1.29 is 14.2 Å². The summed E-state index contributed by atoms with van der Waals surface area (Å²) in [6, 6.07) is 3.60. The summed E-state index contributed by atoms with van der Waals surface area (Å²) in [5, 5.41) is 0. The Kier molecular flexibility index (Phi) is 7.25. The Morgan fingerprint density at radius 1 is 1.06 bits per heavy atom. The van der Waals surface area contributed by atoms with Gasteiger partial charge in [0, 0.05) is 5.56 Å². The van der Waals surface area contributed by atoms with Gasteiger partial charge in [0.1, 0.15) is 0 Å². The Morgan fingerprint density at radius 2 is 1.67 bits per heavy atom. The van der Waals surface area contributed by atoms with Crippen LogP contribution in [0.2, 0.25) is 0 Å². The Bertz CT molecular complexity index is 420. The summed E-state index contributed by atoms with van der Waals surface area (Å²) in [4.78, 5) is 3.93. The van der Waals surface area contributed by atoms with Crippen molar-refractivity contribution in [3.63, 3.8) is 0 Å². The number of aliphatic imine (C=N–C) groups is 1. The van der Waals surface area contributed by atoms with E-state index in [1.807, 2.05) is 6.07 Å². The molecule has 102 valence electrons. The zero-order valence-corrected chi connectivity index (χ0v) is 12.9. The summed E-state index contributed by atoms with van der Waals surface area (Å²) in [5.41, 5.74) is 11.4. The molecule has 0 unspecified atom stereocenters. The van der Waals surface area contributed by atoms with Gasteiger partial charge in [0.05, 0.1) is 27.9 Å². The van der Waals surface area contributed by atoms with Crippen LogP contribution in [0.5, 0.6) is 17.2 Å². The van der Waals surface area contributed by atoms with Crippen molar-refractivity contribution in [2.75, 3.05) is 21.3 Å². The fourth-order valence-electron chi connectivity index (χ4n) is 1.46. The minimum absolute atomic E-state index is 0. The van der Waals surface area contributed by atoms with Crippen LogP contribution in [0.3, 0.4) is 0 Å². The van der Waals surface area contributed by atoms with E-state index in [4.69, 9.17) is 25.7 Å². The number of guanidine groups is 1. The second-order valence-electron chi connectivity index (χ2n) is 3.23. The fraction of sp³-hybridized carbons (Fsp3) is 0.364. The van der Waals surface area contributed by atoms with Gasteiger partial charge in [-0.1, -0.05) is 0 Å². The molecular formula is C11H18IN3O3. The van der Waals surface area contributed by atoms with E-state index in [2.05, 4.69) is 4.99 Å². The van der Waals surface area contributed by atoms with Gasteiger partial charge in [-0.2, -0.15) is 0 Å². The van der Waals surface area contributed by atoms with Crippen molar-refractivity contribution in [3.05, 3.63) is 17.7 Å². The highest BCUT2D eigenvalue weighted by Gasteiger charge is 2.15. The van der Waals surface area contributed by atoms with E-state index < -0.39 is 0 Å². The van der Waals surface area contributed by atoms with Gasteiger partial charge in [0.15, 0.2) is 17.5 Å². The average molecular weight is 367 g/mol. The van der Waals surface area contributed by atoms with Gasteiger partial charge in [0.25, 0.3) is 0 Å². The predicted octanol–water partition coefficient (Wildman–Crippen LogP) is 1.10. The minimum Gasteiger partial charge on any atom is -0.493 e. The number of methoxy groups -OCH3 is 3. The highest BCUT2D eigenvalue weighted by molar-refractivity contribution is 14.0. The number of halogens is 1. The lowest BCUT2D eigenvalue weighted by atomic mass is 10.1. The number of nitrogens with two attached hydrogens (primary N) is 2. The maximum Gasteiger partial charge on any atom is 0.203 e. The molecule has 4 N–H and O–H groups in total. The lowest BCUT2D eigenvalue weighted by Crippen LogP contribution is -2.22. The lowest BCUT2D eigenvalue weighted by Gasteiger charge is -2.14. The summed E-state index contributed by atoms with van der Waals surface area (Å²) >= 11 is 0. The molecule has 0 aliphatic heterocycles. The van der Waals surface area contributed by atoms with E-state index in [1.165, 1.54) is 0 Å². The third-order valence-electron chi connectivity index (χ3n) is 2.22. The number of benzene rings is 1. The van der Waals surface area contributed by atoms with Crippen LogP contribution < -0.4 is 25.7 Å². The molecule has 0 saturated heterocycles. The van der Waals surface area contributed by atoms with Crippen LogP contribution >= 0.6 is 24.0 Å². The van der Waals surface area contributed by atoms with Crippen LogP contribution in [-0.2, 0) is 6.54 Å². The van der Waals surface area contributed by atoms with E-state index in [9.17, 15) is 0 Å². The maximum atomic E-state index is 5.29. The molecule has 0 bridgehead atoms. The van der Waals surface area contributed by atoms with E-state index in [1.54, 1.807) is 27.4 Å². The van der Waals surface area contributed by atoms with Gasteiger partial charge in [-0.3, -0.25) is 0 Å². The first kappa shape index (κ1) is 16.6. The minimum atomic E-state index is 0.